The third kappa shape index (κ3) is 6.16. The number of aliphatic hydroxyl groups excluding tert-OH is 1. The Bertz CT molecular complexity index is 1420. The van der Waals surface area contributed by atoms with Crippen molar-refractivity contribution in [3.63, 3.8) is 0 Å². The van der Waals surface area contributed by atoms with Crippen molar-refractivity contribution in [2.45, 2.75) is 33.2 Å². The van der Waals surface area contributed by atoms with Crippen molar-refractivity contribution in [1.29, 1.82) is 0 Å². The van der Waals surface area contributed by atoms with E-state index in [1.165, 1.54) is 41.0 Å². The van der Waals surface area contributed by atoms with Crippen LogP contribution in [0.5, 0.6) is 0 Å². The Hall–Kier alpha value is -4.60. The molecule has 0 spiro atoms. The first kappa shape index (κ1) is 27.0. The second-order valence-corrected chi connectivity index (χ2v) is 8.37. The Morgan fingerprint density at radius 3 is 2.22 bits per heavy atom. The number of ketones is 1. The maximum Gasteiger partial charge on any atom is 0.376 e. The fourth-order valence-electron chi connectivity index (χ4n) is 3.78. The van der Waals surface area contributed by atoms with E-state index in [1.54, 1.807) is 19.1 Å². The van der Waals surface area contributed by atoms with E-state index in [2.05, 4.69) is 4.98 Å². The molecule has 0 fully saturated rings. The predicted molar refractivity (Wildman–Crippen MR) is 133 cm³/mol. The van der Waals surface area contributed by atoms with E-state index in [4.69, 9.17) is 9.84 Å². The molecule has 9 nitrogen and oxygen atoms in total. The molecule has 2 aromatic carbocycles. The normalized spacial score (nSPS) is 11.4. The lowest BCUT2D eigenvalue weighted by Crippen LogP contribution is -2.31. The van der Waals surface area contributed by atoms with Gasteiger partial charge in [-0.15, -0.1) is 0 Å². The fourth-order valence-corrected chi connectivity index (χ4v) is 3.78. The largest absolute Gasteiger partial charge is 0.507 e. The van der Waals surface area contributed by atoms with Crippen LogP contribution in [0.3, 0.4) is 0 Å². The van der Waals surface area contributed by atoms with Gasteiger partial charge in [-0.25, -0.2) is 18.8 Å². The molecule has 3 rings (SSSR count). The van der Waals surface area contributed by atoms with Crippen molar-refractivity contribution in [2.24, 2.45) is 0 Å². The molecule has 0 atom stereocenters. The zero-order valence-electron chi connectivity index (χ0n) is 20.4. The van der Waals surface area contributed by atoms with Crippen LogP contribution in [0.25, 0.3) is 17.0 Å². The summed E-state index contributed by atoms with van der Waals surface area (Å²) in [7, 11) is 0. The van der Waals surface area contributed by atoms with Crippen LogP contribution >= 0.6 is 0 Å². The van der Waals surface area contributed by atoms with E-state index >= 15 is 0 Å². The molecule has 0 radical (unpaired) electrons. The number of rotatable bonds is 9. The lowest BCUT2D eigenvalue weighted by atomic mass is 9.97. The molecule has 1 aromatic heterocycles. The third-order valence-electron chi connectivity index (χ3n) is 5.44. The topological polar surface area (TPSA) is 136 Å². The smallest absolute Gasteiger partial charge is 0.376 e. The van der Waals surface area contributed by atoms with Crippen molar-refractivity contribution in [3.05, 3.63) is 93.3 Å². The zero-order chi connectivity index (χ0) is 27.3. The van der Waals surface area contributed by atoms with Gasteiger partial charge in [-0.05, 0) is 42.7 Å². The average molecular weight is 509 g/mol. The molecule has 0 saturated heterocycles. The van der Waals surface area contributed by atoms with Crippen LogP contribution in [0.15, 0.2) is 59.4 Å². The number of hydrogen-bond donors (Lipinski definition) is 2. The summed E-state index contributed by atoms with van der Waals surface area (Å²) in [5, 5.41) is 18.7. The Morgan fingerprint density at radius 2 is 1.68 bits per heavy atom. The average Bonchev–Trinajstić information content (AvgIpc) is 2.85. The third-order valence-corrected chi connectivity index (χ3v) is 5.44. The lowest BCUT2D eigenvalue weighted by molar-refractivity contribution is -0.146. The number of carbonyl (C=O) groups is 3. The number of halogens is 1. The van der Waals surface area contributed by atoms with Gasteiger partial charge >= 0.3 is 17.6 Å². The molecular weight excluding hydrogens is 483 g/mol. The van der Waals surface area contributed by atoms with E-state index in [1.807, 2.05) is 13.8 Å². The summed E-state index contributed by atoms with van der Waals surface area (Å²) in [6, 6.07) is 11.4. The van der Waals surface area contributed by atoms with Crippen LogP contribution in [0.2, 0.25) is 0 Å². The van der Waals surface area contributed by atoms with Crippen LogP contribution in [0.4, 0.5) is 4.39 Å². The van der Waals surface area contributed by atoms with Crippen LogP contribution in [0.1, 0.15) is 53.9 Å². The molecule has 0 aliphatic heterocycles. The maximum absolute atomic E-state index is 13.5. The number of carboxylic acid groups (broad SMARTS) is 1. The Morgan fingerprint density at radius 1 is 1.05 bits per heavy atom. The van der Waals surface area contributed by atoms with Crippen molar-refractivity contribution in [2.75, 3.05) is 6.61 Å². The second-order valence-electron chi connectivity index (χ2n) is 8.37. The number of carbonyl (C=O) groups excluding carboxylic acids is 2. The van der Waals surface area contributed by atoms with Crippen LogP contribution in [0, 0.1) is 5.82 Å². The van der Waals surface area contributed by atoms with Crippen LogP contribution in [-0.2, 0) is 20.9 Å². The van der Waals surface area contributed by atoms with Crippen LogP contribution < -0.4 is 5.69 Å². The molecule has 0 unspecified atom stereocenters. The first-order valence-corrected chi connectivity index (χ1v) is 11.4. The van der Waals surface area contributed by atoms with Gasteiger partial charge in [-0.2, -0.15) is 4.98 Å². The molecule has 3 aromatic rings. The second kappa shape index (κ2) is 11.4. The number of nitrogens with zero attached hydrogens (tertiary/aromatic N) is 2. The van der Waals surface area contributed by atoms with E-state index in [0.29, 0.717) is 22.9 Å². The van der Waals surface area contributed by atoms with Gasteiger partial charge in [-0.1, -0.05) is 38.1 Å². The summed E-state index contributed by atoms with van der Waals surface area (Å²) in [5.74, 6) is -4.93. The standard InChI is InChI=1S/C27H25FN2O7/c1-4-37-26(35)22-23(18-9-11-19(28)12-10-18)29-27(36)30(24(22)15(2)3)14-16-5-7-17(8-6-16)20(31)13-21(32)25(33)34/h5-13,15,31H,4,14H2,1-3H3,(H,33,34)/b20-13-. The number of hydrogen-bond acceptors (Lipinski definition) is 7. The minimum atomic E-state index is -1.70. The minimum Gasteiger partial charge on any atom is -0.507 e. The highest BCUT2D eigenvalue weighted by atomic mass is 19.1. The highest BCUT2D eigenvalue weighted by molar-refractivity contribution is 6.38. The molecule has 0 aliphatic rings. The van der Waals surface area contributed by atoms with Crippen molar-refractivity contribution in [3.8, 4) is 11.3 Å². The quantitative estimate of drug-likeness (QED) is 0.192. The summed E-state index contributed by atoms with van der Waals surface area (Å²) in [4.78, 5) is 52.4. The molecule has 0 amide bonds. The number of esters is 1. The summed E-state index contributed by atoms with van der Waals surface area (Å²) in [6.45, 7) is 5.40. The summed E-state index contributed by atoms with van der Waals surface area (Å²) < 4.78 is 20.1. The number of aliphatic carboxylic acids is 1. The highest BCUT2D eigenvalue weighted by Crippen LogP contribution is 2.29. The van der Waals surface area contributed by atoms with E-state index in [9.17, 15) is 28.7 Å². The molecule has 37 heavy (non-hydrogen) atoms. The van der Waals surface area contributed by atoms with Crippen molar-refractivity contribution in [1.82, 2.24) is 9.55 Å². The zero-order valence-corrected chi connectivity index (χ0v) is 20.4. The first-order chi connectivity index (χ1) is 17.5. The van der Waals surface area contributed by atoms with Gasteiger partial charge in [0.1, 0.15) is 17.1 Å². The molecule has 10 heteroatoms. The van der Waals surface area contributed by atoms with Gasteiger partial charge in [0.2, 0.25) is 0 Å². The number of ether oxygens (including phenoxy) is 1. The van der Waals surface area contributed by atoms with Gasteiger partial charge in [0.25, 0.3) is 5.78 Å². The molecule has 0 aliphatic carbocycles. The molecule has 2 N–H and O–H groups in total. The van der Waals surface area contributed by atoms with Crippen LogP contribution in [-0.4, -0.2) is 44.1 Å². The minimum absolute atomic E-state index is 0.0221. The number of benzene rings is 2. The Labute approximate surface area is 211 Å². The predicted octanol–water partition coefficient (Wildman–Crippen LogP) is 3.95. The van der Waals surface area contributed by atoms with Gasteiger partial charge in [0.05, 0.1) is 18.8 Å². The number of aromatic nitrogens is 2. The highest BCUT2D eigenvalue weighted by Gasteiger charge is 2.27. The molecule has 1 heterocycles. The SMILES string of the molecule is CCOC(=O)c1c(-c2ccc(F)cc2)nc(=O)n(Cc2ccc(/C(O)=C/C(=O)C(=O)O)cc2)c1C(C)C. The molecule has 192 valence electrons. The van der Waals surface area contributed by atoms with Gasteiger partial charge in [-0.3, -0.25) is 9.36 Å². The Balaban J connectivity index is 2.11. The first-order valence-electron chi connectivity index (χ1n) is 11.4. The Kier molecular flexibility index (Phi) is 8.33. The van der Waals surface area contributed by atoms with Crippen molar-refractivity contribution < 1.29 is 33.7 Å². The molecule has 0 saturated carbocycles. The summed E-state index contributed by atoms with van der Waals surface area (Å²) in [5.41, 5.74) is 1.15. The van der Waals surface area contributed by atoms with Gasteiger partial charge < -0.3 is 14.9 Å². The number of carboxylic acids is 1. The lowest BCUT2D eigenvalue weighted by Gasteiger charge is -2.21. The van der Waals surface area contributed by atoms with E-state index < -0.39 is 35.0 Å². The molecular formula is C27H25FN2O7. The van der Waals surface area contributed by atoms with Gasteiger partial charge in [0, 0.05) is 22.9 Å². The van der Waals surface area contributed by atoms with E-state index in [0.717, 1.165) is 0 Å². The molecule has 0 bridgehead atoms. The van der Waals surface area contributed by atoms with E-state index in [-0.39, 0.29) is 35.9 Å². The maximum atomic E-state index is 13.5. The summed E-state index contributed by atoms with van der Waals surface area (Å²) >= 11 is 0. The monoisotopic (exact) mass is 508 g/mol. The van der Waals surface area contributed by atoms with Gasteiger partial charge in [0.15, 0.2) is 0 Å². The number of aliphatic hydroxyl groups is 1. The fraction of sp³-hybridized carbons (Fsp3) is 0.222. The summed E-state index contributed by atoms with van der Waals surface area (Å²) in [6.07, 6.45) is 0.600. The van der Waals surface area contributed by atoms with Crippen molar-refractivity contribution >= 4 is 23.5 Å².